The van der Waals surface area contributed by atoms with Crippen molar-refractivity contribution < 1.29 is 31.8 Å². The summed E-state index contributed by atoms with van der Waals surface area (Å²) in [5.41, 5.74) is -2.32. The molecule has 1 aromatic rings. The van der Waals surface area contributed by atoms with Gasteiger partial charge >= 0.3 is 12.3 Å². The zero-order chi connectivity index (χ0) is 18.9. The molecule has 0 aromatic heterocycles. The second kappa shape index (κ2) is 7.03. The molecule has 0 radical (unpaired) electrons. The smallest absolute Gasteiger partial charge is 0.419 e. The molecule has 9 heteroatoms. The quantitative estimate of drug-likeness (QED) is 0.821. The normalized spacial score (nSPS) is 22.7. The van der Waals surface area contributed by atoms with E-state index in [0.29, 0.717) is 32.6 Å². The molecular formula is C17H20F4N2O3. The Kier molecular flexibility index (Phi) is 5.12. The number of benzene rings is 1. The van der Waals surface area contributed by atoms with E-state index in [2.05, 4.69) is 5.32 Å². The molecule has 1 aliphatic heterocycles. The van der Waals surface area contributed by atoms with Crippen molar-refractivity contribution in [3.8, 4) is 0 Å². The molecule has 1 saturated heterocycles. The second-order valence-corrected chi connectivity index (χ2v) is 6.67. The van der Waals surface area contributed by atoms with E-state index in [1.165, 1.54) is 6.07 Å². The minimum atomic E-state index is -4.80. The Morgan fingerprint density at radius 3 is 2.77 bits per heavy atom. The highest BCUT2D eigenvalue weighted by Crippen LogP contribution is 2.50. The number of carbonyl (C=O) groups excluding carboxylic acids is 1. The molecule has 1 amide bonds. The fourth-order valence-corrected chi connectivity index (χ4v) is 2.96. The Morgan fingerprint density at radius 1 is 1.42 bits per heavy atom. The van der Waals surface area contributed by atoms with Gasteiger partial charge in [0.2, 0.25) is 0 Å². The van der Waals surface area contributed by atoms with Crippen LogP contribution in [-0.4, -0.2) is 50.4 Å². The number of morpholine rings is 1. The van der Waals surface area contributed by atoms with Gasteiger partial charge in [-0.2, -0.15) is 13.2 Å². The van der Waals surface area contributed by atoms with E-state index in [-0.39, 0.29) is 11.6 Å². The second-order valence-electron chi connectivity index (χ2n) is 6.67. The Balaban J connectivity index is 1.63. The van der Waals surface area contributed by atoms with Crippen molar-refractivity contribution in [2.24, 2.45) is 0 Å². The van der Waals surface area contributed by atoms with Gasteiger partial charge in [-0.3, -0.25) is 4.90 Å². The monoisotopic (exact) mass is 376 g/mol. The zero-order valence-corrected chi connectivity index (χ0v) is 14.2. The number of amides is 1. The highest BCUT2D eigenvalue weighted by atomic mass is 19.4. The van der Waals surface area contributed by atoms with Crippen LogP contribution in [0.1, 0.15) is 24.0 Å². The summed E-state index contributed by atoms with van der Waals surface area (Å²) in [6.07, 6.45) is -4.71. The molecule has 3 rings (SSSR count). The van der Waals surface area contributed by atoms with Crippen LogP contribution >= 0.6 is 0 Å². The minimum Gasteiger partial charge on any atom is -0.438 e. The van der Waals surface area contributed by atoms with E-state index in [4.69, 9.17) is 9.47 Å². The van der Waals surface area contributed by atoms with Crippen LogP contribution in [0.3, 0.4) is 0 Å². The number of alkyl halides is 3. The lowest BCUT2D eigenvalue weighted by Crippen LogP contribution is -2.49. The first-order valence-electron chi connectivity index (χ1n) is 8.33. The Bertz CT molecular complexity index is 676. The number of halogens is 4. The fraction of sp³-hybridized carbons (Fsp3) is 0.588. The van der Waals surface area contributed by atoms with Crippen molar-refractivity contribution >= 4 is 6.09 Å². The van der Waals surface area contributed by atoms with E-state index >= 15 is 0 Å². The highest BCUT2D eigenvalue weighted by molar-refractivity contribution is 5.68. The van der Waals surface area contributed by atoms with Crippen LogP contribution in [0, 0.1) is 5.82 Å². The first-order valence-corrected chi connectivity index (χ1v) is 8.33. The van der Waals surface area contributed by atoms with Gasteiger partial charge in [-0.05, 0) is 37.6 Å². The van der Waals surface area contributed by atoms with Crippen LogP contribution in [0.4, 0.5) is 22.4 Å². The van der Waals surface area contributed by atoms with Crippen LogP contribution in [0.15, 0.2) is 18.2 Å². The molecule has 1 aliphatic carbocycles. The molecule has 1 heterocycles. The summed E-state index contributed by atoms with van der Waals surface area (Å²) >= 11 is 0. The van der Waals surface area contributed by atoms with Gasteiger partial charge in [0.05, 0.1) is 24.8 Å². The van der Waals surface area contributed by atoms with Gasteiger partial charge in [0.15, 0.2) is 0 Å². The average molecular weight is 376 g/mol. The summed E-state index contributed by atoms with van der Waals surface area (Å²) in [6.45, 7) is 2.17. The number of likely N-dealkylation sites (N-methyl/N-ethyl adjacent to an activating group) is 1. The zero-order valence-electron chi connectivity index (χ0n) is 14.2. The molecule has 1 N–H and O–H groups in total. The van der Waals surface area contributed by atoms with Gasteiger partial charge < -0.3 is 14.8 Å². The molecule has 1 saturated carbocycles. The summed E-state index contributed by atoms with van der Waals surface area (Å²) in [6, 6.07) is 2.72. The van der Waals surface area contributed by atoms with E-state index in [1.807, 2.05) is 11.9 Å². The topological polar surface area (TPSA) is 50.8 Å². The van der Waals surface area contributed by atoms with E-state index in [1.54, 1.807) is 0 Å². The van der Waals surface area contributed by atoms with E-state index < -0.39 is 29.3 Å². The maximum atomic E-state index is 13.4. The molecule has 0 bridgehead atoms. The van der Waals surface area contributed by atoms with Crippen molar-refractivity contribution in [1.82, 2.24) is 10.2 Å². The Morgan fingerprint density at radius 2 is 2.15 bits per heavy atom. The molecule has 0 spiro atoms. The van der Waals surface area contributed by atoms with Crippen molar-refractivity contribution in [2.75, 3.05) is 33.4 Å². The number of alkyl carbamates (subject to hydrolysis) is 1. The average Bonchev–Trinajstić information content (AvgIpc) is 3.34. The van der Waals surface area contributed by atoms with Gasteiger partial charge in [-0.1, -0.05) is 6.07 Å². The summed E-state index contributed by atoms with van der Waals surface area (Å²) < 4.78 is 62.8. The third-order valence-corrected chi connectivity index (χ3v) is 4.79. The maximum absolute atomic E-state index is 13.4. The summed E-state index contributed by atoms with van der Waals surface area (Å²) in [5.74, 6) is -1.35. The minimum absolute atomic E-state index is 0.00843. The number of hydrogen-bond donors (Lipinski definition) is 1. The third-order valence-electron chi connectivity index (χ3n) is 4.79. The van der Waals surface area contributed by atoms with Gasteiger partial charge in [-0.25, -0.2) is 9.18 Å². The SMILES string of the molecule is CN1CCOC[C@H]1CNC(=O)OC1(c2ccc(F)c(C(F)(F)F)c2)CC1. The molecule has 2 aliphatic rings. The van der Waals surface area contributed by atoms with Crippen molar-refractivity contribution in [3.05, 3.63) is 35.1 Å². The lowest BCUT2D eigenvalue weighted by molar-refractivity contribution is -0.140. The molecule has 26 heavy (non-hydrogen) atoms. The van der Waals surface area contributed by atoms with Crippen molar-refractivity contribution in [1.29, 1.82) is 0 Å². The lowest BCUT2D eigenvalue weighted by Gasteiger charge is -2.32. The lowest BCUT2D eigenvalue weighted by atomic mass is 10.0. The van der Waals surface area contributed by atoms with Crippen LogP contribution in [0.2, 0.25) is 0 Å². The summed E-state index contributed by atoms with van der Waals surface area (Å²) in [4.78, 5) is 14.1. The predicted molar refractivity (Wildman–Crippen MR) is 84.0 cm³/mol. The Hall–Kier alpha value is -1.87. The van der Waals surface area contributed by atoms with Gasteiger partial charge in [0, 0.05) is 13.1 Å². The van der Waals surface area contributed by atoms with Gasteiger partial charge in [-0.15, -0.1) is 0 Å². The third kappa shape index (κ3) is 4.09. The van der Waals surface area contributed by atoms with Gasteiger partial charge in [0.1, 0.15) is 11.4 Å². The first kappa shape index (κ1) is 18.9. The largest absolute Gasteiger partial charge is 0.438 e. The number of nitrogens with one attached hydrogen (secondary N) is 1. The van der Waals surface area contributed by atoms with E-state index in [9.17, 15) is 22.4 Å². The fourth-order valence-electron chi connectivity index (χ4n) is 2.96. The maximum Gasteiger partial charge on any atom is 0.419 e. The van der Waals surface area contributed by atoms with Gasteiger partial charge in [0.25, 0.3) is 0 Å². The Labute approximate surface area is 148 Å². The number of rotatable bonds is 4. The van der Waals surface area contributed by atoms with Crippen LogP contribution in [-0.2, 0) is 21.3 Å². The predicted octanol–water partition coefficient (Wildman–Crippen LogP) is 2.89. The summed E-state index contributed by atoms with van der Waals surface area (Å²) in [7, 11) is 1.92. The van der Waals surface area contributed by atoms with E-state index in [0.717, 1.165) is 18.7 Å². The molecule has 1 aromatic carbocycles. The molecule has 144 valence electrons. The number of carbonyl (C=O) groups is 1. The molecule has 1 atom stereocenters. The molecule has 0 unspecified atom stereocenters. The molecule has 5 nitrogen and oxygen atoms in total. The number of ether oxygens (including phenoxy) is 2. The number of hydrogen-bond acceptors (Lipinski definition) is 4. The van der Waals surface area contributed by atoms with Crippen LogP contribution in [0.25, 0.3) is 0 Å². The first-order chi connectivity index (χ1) is 12.2. The highest BCUT2D eigenvalue weighted by Gasteiger charge is 2.50. The standard InChI is InChI=1S/C17H20F4N2O3/c1-23-6-7-25-10-12(23)9-22-15(24)26-16(4-5-16)11-2-3-14(18)13(8-11)17(19,20)21/h2-3,8,12H,4-7,9-10H2,1H3,(H,22,24)/t12-/m1/s1. The van der Waals surface area contributed by atoms with Crippen molar-refractivity contribution in [3.63, 3.8) is 0 Å². The van der Waals surface area contributed by atoms with Crippen molar-refractivity contribution in [2.45, 2.75) is 30.7 Å². The molecular weight excluding hydrogens is 356 g/mol. The van der Waals surface area contributed by atoms with Crippen LogP contribution in [0.5, 0.6) is 0 Å². The number of nitrogens with zero attached hydrogens (tertiary/aromatic N) is 1. The van der Waals surface area contributed by atoms with Crippen LogP contribution < -0.4 is 5.32 Å². The molecule has 2 fully saturated rings. The summed E-state index contributed by atoms with van der Waals surface area (Å²) in [5, 5.41) is 2.63.